The largest absolute Gasteiger partial charge is 0.460 e. The van der Waals surface area contributed by atoms with Crippen molar-refractivity contribution >= 4 is 27.7 Å². The highest BCUT2D eigenvalue weighted by atomic mass is 79.9. The molecule has 172 valence electrons. The number of halogens is 1. The van der Waals surface area contributed by atoms with Gasteiger partial charge in [0.05, 0.1) is 12.2 Å². The third kappa shape index (κ3) is 5.12. The number of Topliss-reactive ketones (excluding diaryl/α,β-unsaturated/α-hetero) is 1. The molecule has 0 bridgehead atoms. The van der Waals surface area contributed by atoms with Gasteiger partial charge < -0.3 is 14.8 Å². The Hall–Kier alpha value is -2.70. The van der Waals surface area contributed by atoms with Crippen molar-refractivity contribution in [1.29, 1.82) is 0 Å². The number of carbonyl (C=O) groups excluding carboxylic acids is 2. The molecule has 0 saturated heterocycles. The summed E-state index contributed by atoms with van der Waals surface area (Å²) < 4.78 is 11.8. The predicted octanol–water partition coefficient (Wildman–Crippen LogP) is 5.39. The van der Waals surface area contributed by atoms with E-state index in [0.29, 0.717) is 30.8 Å². The van der Waals surface area contributed by atoms with Gasteiger partial charge in [0.25, 0.3) is 0 Å². The molecule has 0 spiro atoms. The molecule has 4 rings (SSSR count). The van der Waals surface area contributed by atoms with Gasteiger partial charge in [-0.2, -0.15) is 0 Å². The van der Waals surface area contributed by atoms with Crippen LogP contribution in [0.1, 0.15) is 49.7 Å². The number of dihydropyridines is 1. The quantitative estimate of drug-likeness (QED) is 0.400. The van der Waals surface area contributed by atoms with Crippen LogP contribution >= 0.6 is 15.9 Å². The number of benzene rings is 2. The first-order chi connectivity index (χ1) is 16.0. The zero-order chi connectivity index (χ0) is 23.4. The summed E-state index contributed by atoms with van der Waals surface area (Å²) in [5.74, 6) is -0.698. The molecule has 2 aromatic rings. The van der Waals surface area contributed by atoms with Gasteiger partial charge in [-0.05, 0) is 49.4 Å². The maximum atomic E-state index is 13.5. The Morgan fingerprint density at radius 2 is 1.76 bits per heavy atom. The molecule has 0 saturated carbocycles. The minimum atomic E-state index is -0.460. The maximum absolute atomic E-state index is 13.5. The molecule has 1 aliphatic heterocycles. The first kappa shape index (κ1) is 23.5. The van der Waals surface area contributed by atoms with Gasteiger partial charge in [0, 0.05) is 40.4 Å². The molecule has 1 heterocycles. The molecule has 1 N–H and O–H groups in total. The van der Waals surface area contributed by atoms with Crippen LogP contribution in [0.4, 0.5) is 0 Å². The van der Waals surface area contributed by atoms with Crippen molar-refractivity contribution in [2.24, 2.45) is 0 Å². The Labute approximate surface area is 203 Å². The van der Waals surface area contributed by atoms with Crippen LogP contribution in [0.15, 0.2) is 81.6 Å². The van der Waals surface area contributed by atoms with Crippen molar-refractivity contribution in [2.75, 3.05) is 19.8 Å². The van der Waals surface area contributed by atoms with Gasteiger partial charge in [-0.3, -0.25) is 4.79 Å². The van der Waals surface area contributed by atoms with E-state index < -0.39 is 11.9 Å². The summed E-state index contributed by atoms with van der Waals surface area (Å²) >= 11 is 3.48. The lowest BCUT2D eigenvalue weighted by Crippen LogP contribution is -2.36. The average Bonchev–Trinajstić information content (AvgIpc) is 2.82. The first-order valence-electron chi connectivity index (χ1n) is 11.3. The van der Waals surface area contributed by atoms with Gasteiger partial charge in [0.1, 0.15) is 6.61 Å². The van der Waals surface area contributed by atoms with E-state index in [0.717, 1.165) is 33.4 Å². The minimum Gasteiger partial charge on any atom is -0.460 e. The SMILES string of the molecule is CCOCCOC(=O)C1=C(C)NC2=C(C(=O)C[C@@H](c3ccccc3)C2)[C@H]1c1ccc(Br)cc1. The Balaban J connectivity index is 1.70. The van der Waals surface area contributed by atoms with Crippen LogP contribution in [0.5, 0.6) is 0 Å². The van der Waals surface area contributed by atoms with E-state index in [1.165, 1.54) is 0 Å². The van der Waals surface area contributed by atoms with Crippen LogP contribution in [0, 0.1) is 0 Å². The van der Waals surface area contributed by atoms with E-state index >= 15 is 0 Å². The van der Waals surface area contributed by atoms with E-state index in [1.807, 2.05) is 56.3 Å². The third-order valence-corrected chi connectivity index (χ3v) is 6.72. The van der Waals surface area contributed by atoms with Gasteiger partial charge in [-0.15, -0.1) is 0 Å². The first-order valence-corrected chi connectivity index (χ1v) is 12.1. The Bertz CT molecular complexity index is 1090. The smallest absolute Gasteiger partial charge is 0.336 e. The Morgan fingerprint density at radius 1 is 1.03 bits per heavy atom. The summed E-state index contributed by atoms with van der Waals surface area (Å²) in [5.41, 5.74) is 4.84. The lowest BCUT2D eigenvalue weighted by atomic mass is 9.72. The van der Waals surface area contributed by atoms with Gasteiger partial charge in [-0.1, -0.05) is 58.4 Å². The number of esters is 1. The van der Waals surface area contributed by atoms with Gasteiger partial charge in [0.15, 0.2) is 5.78 Å². The van der Waals surface area contributed by atoms with Gasteiger partial charge >= 0.3 is 5.97 Å². The summed E-state index contributed by atoms with van der Waals surface area (Å²) in [6, 6.07) is 17.9. The highest BCUT2D eigenvalue weighted by molar-refractivity contribution is 9.10. The minimum absolute atomic E-state index is 0.0673. The Morgan fingerprint density at radius 3 is 2.45 bits per heavy atom. The summed E-state index contributed by atoms with van der Waals surface area (Å²) in [6.07, 6.45) is 1.14. The van der Waals surface area contributed by atoms with Crippen molar-refractivity contribution in [1.82, 2.24) is 5.32 Å². The lowest BCUT2D eigenvalue weighted by Gasteiger charge is -2.36. The summed E-state index contributed by atoms with van der Waals surface area (Å²) in [6.45, 7) is 4.86. The monoisotopic (exact) mass is 509 g/mol. The van der Waals surface area contributed by atoms with E-state index in [2.05, 4.69) is 33.4 Å². The van der Waals surface area contributed by atoms with Crippen LogP contribution in [0.25, 0.3) is 0 Å². The van der Waals surface area contributed by atoms with Crippen molar-refractivity contribution in [3.63, 3.8) is 0 Å². The van der Waals surface area contributed by atoms with Crippen molar-refractivity contribution in [2.45, 2.75) is 38.5 Å². The van der Waals surface area contributed by atoms with Crippen LogP contribution < -0.4 is 5.32 Å². The zero-order valence-corrected chi connectivity index (χ0v) is 20.5. The molecular weight excluding hydrogens is 482 g/mol. The fourth-order valence-corrected chi connectivity index (χ4v) is 4.94. The fourth-order valence-electron chi connectivity index (χ4n) is 4.67. The predicted molar refractivity (Wildman–Crippen MR) is 131 cm³/mol. The molecule has 0 radical (unpaired) electrons. The molecule has 0 fully saturated rings. The van der Waals surface area contributed by atoms with Crippen molar-refractivity contribution < 1.29 is 19.1 Å². The van der Waals surface area contributed by atoms with Gasteiger partial charge in [-0.25, -0.2) is 4.79 Å². The van der Waals surface area contributed by atoms with Crippen LogP contribution in [-0.2, 0) is 19.1 Å². The molecule has 0 unspecified atom stereocenters. The highest BCUT2D eigenvalue weighted by Gasteiger charge is 2.41. The Kier molecular flexibility index (Phi) is 7.46. The van der Waals surface area contributed by atoms with Crippen LogP contribution in [0.2, 0.25) is 0 Å². The highest BCUT2D eigenvalue weighted by Crippen LogP contribution is 2.45. The second-order valence-corrected chi connectivity index (χ2v) is 9.23. The summed E-state index contributed by atoms with van der Waals surface area (Å²) in [7, 11) is 0. The third-order valence-electron chi connectivity index (χ3n) is 6.19. The maximum Gasteiger partial charge on any atom is 0.336 e. The summed E-state index contributed by atoms with van der Waals surface area (Å²) in [5, 5.41) is 3.39. The molecule has 0 amide bonds. The molecular formula is C27H28BrNO4. The van der Waals surface area contributed by atoms with E-state index in [9.17, 15) is 9.59 Å². The van der Waals surface area contributed by atoms with Gasteiger partial charge in [0.2, 0.25) is 0 Å². The number of rotatable bonds is 7. The van der Waals surface area contributed by atoms with E-state index in [1.54, 1.807) is 0 Å². The van der Waals surface area contributed by atoms with Crippen LogP contribution in [-0.4, -0.2) is 31.6 Å². The average molecular weight is 510 g/mol. The number of allylic oxidation sites excluding steroid dienone is 3. The van der Waals surface area contributed by atoms with Crippen molar-refractivity contribution in [3.05, 3.63) is 92.7 Å². The molecule has 5 nitrogen and oxygen atoms in total. The topological polar surface area (TPSA) is 64.6 Å². The standard InChI is InChI=1S/C27H28BrNO4/c1-3-32-13-14-33-27(31)24-17(2)29-22-15-20(18-7-5-4-6-8-18)16-23(30)26(22)25(24)19-9-11-21(28)12-10-19/h4-12,20,25,29H,3,13-16H2,1-2H3/t20-,25-/m0/s1. The van der Waals surface area contributed by atoms with Crippen molar-refractivity contribution in [3.8, 4) is 0 Å². The molecule has 0 aromatic heterocycles. The fraction of sp³-hybridized carbons (Fsp3) is 0.333. The second kappa shape index (κ2) is 10.5. The molecule has 2 aromatic carbocycles. The van der Waals surface area contributed by atoms with E-state index in [-0.39, 0.29) is 18.3 Å². The normalized spacial score (nSPS) is 20.4. The molecule has 2 aliphatic rings. The number of hydrogen-bond acceptors (Lipinski definition) is 5. The number of ether oxygens (including phenoxy) is 2. The number of ketones is 1. The second-order valence-electron chi connectivity index (χ2n) is 8.31. The lowest BCUT2D eigenvalue weighted by molar-refractivity contribution is -0.140. The van der Waals surface area contributed by atoms with Crippen LogP contribution in [0.3, 0.4) is 0 Å². The number of nitrogens with one attached hydrogen (secondary N) is 1. The zero-order valence-electron chi connectivity index (χ0n) is 18.9. The molecule has 33 heavy (non-hydrogen) atoms. The summed E-state index contributed by atoms with van der Waals surface area (Å²) in [4.78, 5) is 26.7. The number of hydrogen-bond donors (Lipinski definition) is 1. The van der Waals surface area contributed by atoms with E-state index in [4.69, 9.17) is 9.47 Å². The molecule has 1 aliphatic carbocycles. The molecule has 6 heteroatoms. The number of carbonyl (C=O) groups is 2. The molecule has 2 atom stereocenters.